The summed E-state index contributed by atoms with van der Waals surface area (Å²) in [5, 5.41) is 15.6. The number of aromatic nitrogens is 2. The summed E-state index contributed by atoms with van der Waals surface area (Å²) in [6, 6.07) is 8.82. The Labute approximate surface area is 224 Å². The average Bonchev–Trinajstić information content (AvgIpc) is 3.57. The SMILES string of the molecule is CC(C)(O)c1csc(S(=O)(=O)NC(=O)Nc2c(-c3ccnc4c3ccn4C3COC3)ccc3c2CCC3)c1. The number of aliphatic hydroxyl groups is 1. The minimum absolute atomic E-state index is 0.0413. The van der Waals surface area contributed by atoms with Crippen LogP contribution in [0.4, 0.5) is 10.5 Å². The van der Waals surface area contributed by atoms with Crippen molar-refractivity contribution in [2.75, 3.05) is 18.5 Å². The molecule has 1 aliphatic carbocycles. The van der Waals surface area contributed by atoms with E-state index in [0.29, 0.717) is 24.5 Å². The molecular weight excluding hydrogens is 524 g/mol. The van der Waals surface area contributed by atoms with Gasteiger partial charge in [-0.3, -0.25) is 0 Å². The van der Waals surface area contributed by atoms with Crippen LogP contribution >= 0.6 is 11.3 Å². The van der Waals surface area contributed by atoms with Crippen molar-refractivity contribution in [3.05, 3.63) is 64.8 Å². The highest BCUT2D eigenvalue weighted by Gasteiger charge is 2.27. The first kappa shape index (κ1) is 25.1. The van der Waals surface area contributed by atoms with Crippen LogP contribution in [0.1, 0.15) is 43.0 Å². The van der Waals surface area contributed by atoms with Crippen molar-refractivity contribution >= 4 is 44.1 Å². The van der Waals surface area contributed by atoms with E-state index in [9.17, 15) is 18.3 Å². The molecule has 1 saturated heterocycles. The maximum atomic E-state index is 13.1. The number of urea groups is 1. The number of amides is 2. The second-order valence-electron chi connectivity index (χ2n) is 10.3. The number of ether oxygens (including phenoxy) is 1. The van der Waals surface area contributed by atoms with Crippen LogP contribution in [0.25, 0.3) is 22.2 Å². The molecule has 1 aliphatic heterocycles. The number of hydrogen-bond donors (Lipinski definition) is 3. The fraction of sp³-hybridized carbons (Fsp3) is 0.333. The van der Waals surface area contributed by atoms with Crippen LogP contribution in [0, 0.1) is 0 Å². The number of hydrogen-bond acceptors (Lipinski definition) is 7. The van der Waals surface area contributed by atoms with Gasteiger partial charge < -0.3 is 19.7 Å². The third kappa shape index (κ3) is 4.39. The number of carbonyl (C=O) groups excluding carboxylic acids is 1. The predicted octanol–water partition coefficient (Wildman–Crippen LogP) is 4.56. The molecular formula is C27H28N4O5S2. The Morgan fingerprint density at radius 2 is 2.00 bits per heavy atom. The molecule has 3 N–H and O–H groups in total. The van der Waals surface area contributed by atoms with Crippen molar-refractivity contribution in [1.29, 1.82) is 0 Å². The lowest BCUT2D eigenvalue weighted by molar-refractivity contribution is -0.0216. The van der Waals surface area contributed by atoms with Gasteiger partial charge in [0.25, 0.3) is 10.0 Å². The lowest BCUT2D eigenvalue weighted by atomic mass is 9.96. The molecule has 6 rings (SSSR count). The highest BCUT2D eigenvalue weighted by atomic mass is 32.2. The summed E-state index contributed by atoms with van der Waals surface area (Å²) >= 11 is 0.956. The Balaban J connectivity index is 1.35. The Morgan fingerprint density at radius 1 is 1.18 bits per heavy atom. The van der Waals surface area contributed by atoms with Crippen LogP contribution in [0.5, 0.6) is 0 Å². The minimum atomic E-state index is -4.13. The van der Waals surface area contributed by atoms with Crippen LogP contribution in [0.15, 0.2) is 52.3 Å². The van der Waals surface area contributed by atoms with E-state index in [4.69, 9.17) is 4.74 Å². The Morgan fingerprint density at radius 3 is 2.71 bits per heavy atom. The molecule has 0 spiro atoms. The van der Waals surface area contributed by atoms with E-state index in [0.717, 1.165) is 63.9 Å². The highest BCUT2D eigenvalue weighted by Crippen LogP contribution is 2.40. The van der Waals surface area contributed by atoms with Gasteiger partial charge >= 0.3 is 6.03 Å². The van der Waals surface area contributed by atoms with Gasteiger partial charge in [-0.2, -0.15) is 0 Å². The number of benzene rings is 1. The van der Waals surface area contributed by atoms with Crippen LogP contribution in [-0.4, -0.2) is 42.3 Å². The monoisotopic (exact) mass is 552 g/mol. The van der Waals surface area contributed by atoms with E-state index in [1.165, 1.54) is 6.07 Å². The maximum absolute atomic E-state index is 13.1. The van der Waals surface area contributed by atoms with Gasteiger partial charge in [-0.15, -0.1) is 11.3 Å². The fourth-order valence-electron chi connectivity index (χ4n) is 5.09. The molecule has 4 aromatic rings. The predicted molar refractivity (Wildman–Crippen MR) is 146 cm³/mol. The standard InChI is InChI=1S/C27H28N4O5S2/c1-27(2,33)17-12-23(37-15-17)38(34,35)30-26(32)29-24-19-5-3-4-16(19)6-7-21(24)20-8-10-28-25-22(20)9-11-31(25)18-13-36-14-18/h6-12,15,18,33H,3-5,13-14H2,1-2H3,(H2,29,30,32). The number of pyridine rings is 1. The summed E-state index contributed by atoms with van der Waals surface area (Å²) in [5.41, 5.74) is 4.63. The summed E-state index contributed by atoms with van der Waals surface area (Å²) in [6.07, 6.45) is 6.43. The van der Waals surface area contributed by atoms with Gasteiger partial charge in [0.15, 0.2) is 0 Å². The van der Waals surface area contributed by atoms with E-state index in [2.05, 4.69) is 25.7 Å². The summed E-state index contributed by atoms with van der Waals surface area (Å²) in [6.45, 7) is 4.45. The van der Waals surface area contributed by atoms with E-state index in [1.54, 1.807) is 25.4 Å². The third-order valence-corrected chi connectivity index (χ3v) is 9.99. The smallest absolute Gasteiger partial charge is 0.333 e. The maximum Gasteiger partial charge on any atom is 0.333 e. The molecule has 0 bridgehead atoms. The molecule has 2 aliphatic rings. The van der Waals surface area contributed by atoms with Crippen molar-refractivity contribution in [3.63, 3.8) is 0 Å². The zero-order valence-electron chi connectivity index (χ0n) is 21.0. The molecule has 4 heterocycles. The molecule has 0 radical (unpaired) electrons. The molecule has 198 valence electrons. The molecule has 1 fully saturated rings. The van der Waals surface area contributed by atoms with Crippen molar-refractivity contribution in [1.82, 2.24) is 14.3 Å². The van der Waals surface area contributed by atoms with E-state index >= 15 is 0 Å². The Kier molecular flexibility index (Phi) is 6.06. The van der Waals surface area contributed by atoms with Crippen molar-refractivity contribution < 1.29 is 23.1 Å². The van der Waals surface area contributed by atoms with Gasteiger partial charge in [0, 0.05) is 23.3 Å². The van der Waals surface area contributed by atoms with Crippen LogP contribution in [0.3, 0.4) is 0 Å². The summed E-state index contributed by atoms with van der Waals surface area (Å²) < 4.78 is 35.5. The van der Waals surface area contributed by atoms with E-state index < -0.39 is 21.7 Å². The number of nitrogens with zero attached hydrogens (tertiary/aromatic N) is 2. The second kappa shape index (κ2) is 9.19. The van der Waals surface area contributed by atoms with Gasteiger partial charge in [-0.1, -0.05) is 12.1 Å². The number of fused-ring (bicyclic) bond motifs is 2. The number of nitrogens with one attached hydrogen (secondary N) is 2. The quantitative estimate of drug-likeness (QED) is 0.322. The lowest BCUT2D eigenvalue weighted by Gasteiger charge is -2.27. The summed E-state index contributed by atoms with van der Waals surface area (Å²) in [7, 11) is -4.13. The lowest BCUT2D eigenvalue weighted by Crippen LogP contribution is -2.34. The number of aryl methyl sites for hydroxylation is 1. The number of anilines is 1. The van der Waals surface area contributed by atoms with Gasteiger partial charge in [-0.05, 0) is 78.9 Å². The molecule has 3 aromatic heterocycles. The van der Waals surface area contributed by atoms with Crippen LogP contribution < -0.4 is 10.0 Å². The molecule has 0 saturated carbocycles. The van der Waals surface area contributed by atoms with Gasteiger partial charge in [0.05, 0.1) is 30.5 Å². The third-order valence-electron chi connectivity index (χ3n) is 7.21. The Bertz CT molecular complexity index is 1660. The number of thiophene rings is 1. The number of sulfonamides is 1. The normalized spacial score (nSPS) is 15.9. The van der Waals surface area contributed by atoms with E-state index in [1.807, 2.05) is 24.4 Å². The zero-order valence-corrected chi connectivity index (χ0v) is 22.7. The number of carbonyl (C=O) groups is 1. The summed E-state index contributed by atoms with van der Waals surface area (Å²) in [4.78, 5) is 17.7. The minimum Gasteiger partial charge on any atom is -0.386 e. The topological polar surface area (TPSA) is 123 Å². The van der Waals surface area contributed by atoms with E-state index in [-0.39, 0.29) is 10.3 Å². The van der Waals surface area contributed by atoms with Gasteiger partial charge in [0.1, 0.15) is 9.86 Å². The van der Waals surface area contributed by atoms with Crippen LogP contribution in [-0.2, 0) is 33.2 Å². The van der Waals surface area contributed by atoms with Crippen molar-refractivity contribution in [3.8, 4) is 11.1 Å². The molecule has 11 heteroatoms. The molecule has 0 atom stereocenters. The Hall–Kier alpha value is -3.25. The molecule has 0 unspecified atom stereocenters. The number of rotatable bonds is 6. The molecule has 2 amide bonds. The van der Waals surface area contributed by atoms with Crippen LogP contribution in [0.2, 0.25) is 0 Å². The first-order valence-corrected chi connectivity index (χ1v) is 14.8. The van der Waals surface area contributed by atoms with Crippen molar-refractivity contribution in [2.24, 2.45) is 0 Å². The molecule has 9 nitrogen and oxygen atoms in total. The largest absolute Gasteiger partial charge is 0.386 e. The van der Waals surface area contributed by atoms with Gasteiger partial charge in [0.2, 0.25) is 0 Å². The first-order valence-electron chi connectivity index (χ1n) is 12.5. The second-order valence-corrected chi connectivity index (χ2v) is 13.1. The first-order chi connectivity index (χ1) is 18.1. The summed E-state index contributed by atoms with van der Waals surface area (Å²) in [5.74, 6) is 0. The van der Waals surface area contributed by atoms with Gasteiger partial charge in [-0.25, -0.2) is 22.9 Å². The zero-order chi connectivity index (χ0) is 26.7. The highest BCUT2D eigenvalue weighted by molar-refractivity contribution is 7.92. The molecule has 38 heavy (non-hydrogen) atoms. The average molecular weight is 553 g/mol. The molecule has 1 aromatic carbocycles. The van der Waals surface area contributed by atoms with Crippen molar-refractivity contribution in [2.45, 2.75) is 49.0 Å². The fourth-order valence-corrected chi connectivity index (χ4v) is 7.34.